The molecule has 27 heavy (non-hydrogen) atoms. The zero-order valence-corrected chi connectivity index (χ0v) is 16.2. The Bertz CT molecular complexity index is 1050. The van der Waals surface area contributed by atoms with E-state index in [-0.39, 0.29) is 5.57 Å². The Hall–Kier alpha value is -3.24. The molecule has 3 aromatic rings. The first-order chi connectivity index (χ1) is 13.0. The molecule has 0 bridgehead atoms. The summed E-state index contributed by atoms with van der Waals surface area (Å²) < 4.78 is 1.94. The summed E-state index contributed by atoms with van der Waals surface area (Å²) in [6, 6.07) is 11.9. The highest BCUT2D eigenvalue weighted by molar-refractivity contribution is 7.15. The van der Waals surface area contributed by atoms with Crippen molar-refractivity contribution in [2.75, 3.05) is 5.32 Å². The number of carbonyl (C=O) groups is 1. The minimum absolute atomic E-state index is 0.00651. The number of aromatic nitrogens is 3. The van der Waals surface area contributed by atoms with Crippen LogP contribution in [0.4, 0.5) is 5.13 Å². The number of carbonyl (C=O) groups excluding carboxylic acids is 1. The molecule has 0 saturated heterocycles. The molecule has 0 atom stereocenters. The molecule has 1 amide bonds. The molecule has 0 aliphatic carbocycles. The van der Waals surface area contributed by atoms with Crippen molar-refractivity contribution in [3.8, 4) is 11.8 Å². The lowest BCUT2D eigenvalue weighted by atomic mass is 10.1. The van der Waals surface area contributed by atoms with Crippen LogP contribution in [0.1, 0.15) is 28.8 Å². The van der Waals surface area contributed by atoms with Gasteiger partial charge in [0.25, 0.3) is 5.91 Å². The predicted octanol–water partition coefficient (Wildman–Crippen LogP) is 4.05. The van der Waals surface area contributed by atoms with Crippen LogP contribution in [0.25, 0.3) is 11.8 Å². The van der Waals surface area contributed by atoms with Crippen molar-refractivity contribution < 1.29 is 4.79 Å². The second-order valence-corrected chi connectivity index (χ2v) is 7.11. The van der Waals surface area contributed by atoms with Gasteiger partial charge < -0.3 is 4.57 Å². The van der Waals surface area contributed by atoms with Gasteiger partial charge in [-0.25, -0.2) is 0 Å². The van der Waals surface area contributed by atoms with Crippen molar-refractivity contribution in [1.82, 2.24) is 14.8 Å². The van der Waals surface area contributed by atoms with Crippen LogP contribution in [0, 0.1) is 25.2 Å². The van der Waals surface area contributed by atoms with E-state index in [4.69, 9.17) is 0 Å². The van der Waals surface area contributed by atoms with Gasteiger partial charge in [0.15, 0.2) is 0 Å². The summed E-state index contributed by atoms with van der Waals surface area (Å²) in [6.45, 7) is 6.08. The van der Waals surface area contributed by atoms with Gasteiger partial charge in [0.2, 0.25) is 5.13 Å². The zero-order valence-electron chi connectivity index (χ0n) is 15.4. The molecular formula is C20H19N5OS. The van der Waals surface area contributed by atoms with Crippen LogP contribution in [0.15, 0.2) is 42.1 Å². The average molecular weight is 377 g/mol. The Morgan fingerprint density at radius 3 is 2.78 bits per heavy atom. The summed E-state index contributed by atoms with van der Waals surface area (Å²) in [5.41, 5.74) is 4.12. The number of nitrogens with one attached hydrogen (secondary N) is 1. The van der Waals surface area contributed by atoms with Gasteiger partial charge in [-0.1, -0.05) is 24.3 Å². The minimum atomic E-state index is -0.496. The highest BCUT2D eigenvalue weighted by Crippen LogP contribution is 2.20. The predicted molar refractivity (Wildman–Crippen MR) is 107 cm³/mol. The van der Waals surface area contributed by atoms with Gasteiger partial charge in [-0.05, 0) is 61.7 Å². The summed E-state index contributed by atoms with van der Waals surface area (Å²) in [6.07, 6.45) is 4.23. The number of hydrogen-bond acceptors (Lipinski definition) is 5. The summed E-state index contributed by atoms with van der Waals surface area (Å²) >= 11 is 1.30. The Kier molecular flexibility index (Phi) is 5.48. The van der Waals surface area contributed by atoms with Crippen LogP contribution in [0.5, 0.6) is 0 Å². The first-order valence-corrected chi connectivity index (χ1v) is 9.34. The third-order valence-electron chi connectivity index (χ3n) is 4.20. The first kappa shape index (κ1) is 18.5. The number of benzene rings is 1. The van der Waals surface area contributed by atoms with Crippen LogP contribution in [-0.2, 0) is 11.2 Å². The standard InChI is InChI=1S/C20H19N5OS/c1-4-18-23-24-20(27-18)22-19(26)15(12-21)11-16-6-5-9-25(16)17-8-7-13(2)14(3)10-17/h5-11H,4H2,1-3H3,(H,22,24,26)/b15-11-. The molecule has 6 nitrogen and oxygen atoms in total. The van der Waals surface area contributed by atoms with Gasteiger partial charge >= 0.3 is 0 Å². The molecule has 0 radical (unpaired) electrons. The third kappa shape index (κ3) is 4.13. The van der Waals surface area contributed by atoms with Crippen molar-refractivity contribution in [1.29, 1.82) is 5.26 Å². The van der Waals surface area contributed by atoms with Crippen molar-refractivity contribution in [3.63, 3.8) is 0 Å². The van der Waals surface area contributed by atoms with Crippen LogP contribution >= 0.6 is 11.3 Å². The summed E-state index contributed by atoms with van der Waals surface area (Å²) in [7, 11) is 0. The Morgan fingerprint density at radius 2 is 2.11 bits per heavy atom. The maximum absolute atomic E-state index is 12.4. The molecule has 1 aromatic carbocycles. The number of hydrogen-bond donors (Lipinski definition) is 1. The van der Waals surface area contributed by atoms with E-state index in [1.165, 1.54) is 22.5 Å². The fourth-order valence-electron chi connectivity index (χ4n) is 2.53. The van der Waals surface area contributed by atoms with Gasteiger partial charge in [-0.15, -0.1) is 10.2 Å². The van der Waals surface area contributed by atoms with E-state index in [2.05, 4.69) is 41.5 Å². The van der Waals surface area contributed by atoms with Crippen LogP contribution in [0.3, 0.4) is 0 Å². The van der Waals surface area contributed by atoms with Gasteiger partial charge in [-0.2, -0.15) is 5.26 Å². The molecule has 0 aliphatic heterocycles. The lowest BCUT2D eigenvalue weighted by Crippen LogP contribution is -2.13. The molecule has 0 saturated carbocycles. The van der Waals surface area contributed by atoms with Gasteiger partial charge in [0, 0.05) is 17.6 Å². The molecule has 3 rings (SSSR count). The quantitative estimate of drug-likeness (QED) is 0.537. The first-order valence-electron chi connectivity index (χ1n) is 8.52. The second-order valence-electron chi connectivity index (χ2n) is 6.05. The minimum Gasteiger partial charge on any atom is -0.317 e. The van der Waals surface area contributed by atoms with E-state index in [9.17, 15) is 10.1 Å². The summed E-state index contributed by atoms with van der Waals surface area (Å²) in [5, 5.41) is 21.2. The monoisotopic (exact) mass is 377 g/mol. The maximum atomic E-state index is 12.4. The van der Waals surface area contributed by atoms with Crippen molar-refractivity contribution >= 4 is 28.5 Å². The highest BCUT2D eigenvalue weighted by atomic mass is 32.1. The smallest absolute Gasteiger partial charge is 0.268 e. The molecule has 0 spiro atoms. The fraction of sp³-hybridized carbons (Fsp3) is 0.200. The van der Waals surface area contributed by atoms with E-state index in [0.29, 0.717) is 5.13 Å². The van der Waals surface area contributed by atoms with Gasteiger partial charge in [0.1, 0.15) is 16.6 Å². The lowest BCUT2D eigenvalue weighted by Gasteiger charge is -2.09. The largest absolute Gasteiger partial charge is 0.317 e. The topological polar surface area (TPSA) is 83.6 Å². The molecule has 7 heteroatoms. The normalized spacial score (nSPS) is 11.3. The average Bonchev–Trinajstić information content (AvgIpc) is 3.31. The third-order valence-corrected chi connectivity index (χ3v) is 5.18. The maximum Gasteiger partial charge on any atom is 0.268 e. The molecule has 0 unspecified atom stereocenters. The molecule has 0 aliphatic rings. The fourth-order valence-corrected chi connectivity index (χ4v) is 3.20. The number of amides is 1. The molecule has 2 aromatic heterocycles. The highest BCUT2D eigenvalue weighted by Gasteiger charge is 2.14. The molecule has 136 valence electrons. The second kappa shape index (κ2) is 7.98. The number of nitriles is 1. The van der Waals surface area contributed by atoms with E-state index in [1.807, 2.05) is 42.0 Å². The Balaban J connectivity index is 1.88. The van der Waals surface area contributed by atoms with Crippen LogP contribution < -0.4 is 5.32 Å². The Labute approximate surface area is 161 Å². The molecular weight excluding hydrogens is 358 g/mol. The number of aryl methyl sites for hydroxylation is 3. The van der Waals surface area contributed by atoms with Gasteiger partial charge in [0.05, 0.1) is 0 Å². The van der Waals surface area contributed by atoms with Crippen LogP contribution in [0.2, 0.25) is 0 Å². The lowest BCUT2D eigenvalue weighted by molar-refractivity contribution is -0.112. The number of rotatable bonds is 5. The van der Waals surface area contributed by atoms with Crippen molar-refractivity contribution in [2.45, 2.75) is 27.2 Å². The van der Waals surface area contributed by atoms with Crippen LogP contribution in [-0.4, -0.2) is 20.7 Å². The summed E-state index contributed by atoms with van der Waals surface area (Å²) in [4.78, 5) is 12.4. The summed E-state index contributed by atoms with van der Waals surface area (Å²) in [5.74, 6) is -0.496. The molecule has 2 heterocycles. The van der Waals surface area contributed by atoms with E-state index < -0.39 is 5.91 Å². The van der Waals surface area contributed by atoms with Crippen molar-refractivity contribution in [2.24, 2.45) is 0 Å². The SMILES string of the molecule is CCc1nnc(NC(=O)/C(C#N)=C\c2cccn2-c2ccc(C)c(C)c2)s1. The van der Waals surface area contributed by atoms with E-state index in [1.54, 1.807) is 6.08 Å². The van der Waals surface area contributed by atoms with Gasteiger partial charge in [-0.3, -0.25) is 10.1 Å². The van der Waals surface area contributed by atoms with E-state index >= 15 is 0 Å². The number of nitrogens with zero attached hydrogens (tertiary/aromatic N) is 4. The number of anilines is 1. The van der Waals surface area contributed by atoms with Crippen molar-refractivity contribution in [3.05, 3.63) is 63.9 Å². The molecule has 0 fully saturated rings. The molecule has 1 N–H and O–H groups in total. The zero-order chi connectivity index (χ0) is 19.4. The Morgan fingerprint density at radius 1 is 1.30 bits per heavy atom. The van der Waals surface area contributed by atoms with E-state index in [0.717, 1.165) is 22.8 Å².